The minimum absolute atomic E-state index is 0.146. The molecular weight excluding hydrogens is 525 g/mol. The van der Waals surface area contributed by atoms with Crippen molar-refractivity contribution in [1.29, 1.82) is 0 Å². The fourth-order valence-corrected chi connectivity index (χ4v) is 9.78. The van der Waals surface area contributed by atoms with Gasteiger partial charge in [-0.1, -0.05) is 6.92 Å². The van der Waals surface area contributed by atoms with Gasteiger partial charge in [0.2, 0.25) is 0 Å². The van der Waals surface area contributed by atoms with Crippen molar-refractivity contribution in [3.8, 4) is 0 Å². The second-order valence-corrected chi connectivity index (χ2v) is 16.1. The van der Waals surface area contributed by atoms with Gasteiger partial charge in [0.1, 0.15) is 5.78 Å². The predicted molar refractivity (Wildman–Crippen MR) is 152 cm³/mol. The van der Waals surface area contributed by atoms with E-state index in [1.165, 1.54) is 0 Å². The normalized spacial score (nSPS) is 13.8. The molecule has 0 aromatic carbocycles. The van der Waals surface area contributed by atoms with Gasteiger partial charge < -0.3 is 31.7 Å². The first-order valence-corrected chi connectivity index (χ1v) is 18.7. The molecule has 1 N–H and O–H groups in total. The van der Waals surface area contributed by atoms with Crippen LogP contribution in [-0.4, -0.2) is 98.8 Å². The third kappa shape index (κ3) is 19.3. The summed E-state index contributed by atoms with van der Waals surface area (Å²) in [6, 6.07) is 1.67. The van der Waals surface area contributed by atoms with Crippen LogP contribution in [0.4, 0.5) is 0 Å². The van der Waals surface area contributed by atoms with Gasteiger partial charge in [-0.05, 0) is 59.0 Å². The number of ketones is 1. The highest BCUT2D eigenvalue weighted by atomic mass is 32.2. The van der Waals surface area contributed by atoms with E-state index in [1.54, 1.807) is 46.9 Å². The Labute approximate surface area is 225 Å². The molecule has 212 valence electrons. The average molecular weight is 577 g/mol. The SMILES string of the molecule is CCO[Si](CCCSCC(C)C(C)=O)(OCC)OCC.CO[Si](CCCSCC(C)O)(OC)OC. The van der Waals surface area contributed by atoms with Gasteiger partial charge in [0, 0.05) is 70.7 Å². The highest BCUT2D eigenvalue weighted by molar-refractivity contribution is 7.99. The van der Waals surface area contributed by atoms with Crippen LogP contribution in [0.3, 0.4) is 0 Å². The van der Waals surface area contributed by atoms with E-state index in [2.05, 4.69) is 0 Å². The van der Waals surface area contributed by atoms with Crippen LogP contribution in [0.1, 0.15) is 54.4 Å². The molecule has 8 nitrogen and oxygen atoms in total. The Morgan fingerprint density at radius 1 is 0.771 bits per heavy atom. The van der Waals surface area contributed by atoms with Crippen LogP contribution in [0, 0.1) is 5.92 Å². The summed E-state index contributed by atoms with van der Waals surface area (Å²) in [5.41, 5.74) is 0. The molecule has 0 saturated heterocycles. The van der Waals surface area contributed by atoms with E-state index in [0.717, 1.165) is 47.9 Å². The second kappa shape index (κ2) is 23.6. The fourth-order valence-electron chi connectivity index (χ4n) is 2.97. The molecule has 35 heavy (non-hydrogen) atoms. The molecule has 0 radical (unpaired) electrons. The van der Waals surface area contributed by atoms with Gasteiger partial charge in [-0.2, -0.15) is 23.5 Å². The summed E-state index contributed by atoms with van der Waals surface area (Å²) in [6.45, 7) is 13.2. The van der Waals surface area contributed by atoms with E-state index < -0.39 is 17.6 Å². The summed E-state index contributed by atoms with van der Waals surface area (Å²) >= 11 is 3.56. The molecule has 0 aliphatic heterocycles. The molecule has 0 amide bonds. The van der Waals surface area contributed by atoms with E-state index in [9.17, 15) is 4.79 Å². The van der Waals surface area contributed by atoms with E-state index in [1.807, 2.05) is 39.5 Å². The van der Waals surface area contributed by atoms with Crippen LogP contribution in [0.15, 0.2) is 0 Å². The molecule has 0 aromatic rings. The minimum atomic E-state index is -2.47. The van der Waals surface area contributed by atoms with Crippen LogP contribution in [0.25, 0.3) is 0 Å². The predicted octanol–water partition coefficient (Wildman–Crippen LogP) is 4.75. The molecule has 0 aliphatic rings. The van der Waals surface area contributed by atoms with Crippen LogP contribution in [0.5, 0.6) is 0 Å². The monoisotopic (exact) mass is 576 g/mol. The van der Waals surface area contributed by atoms with Gasteiger partial charge in [0.25, 0.3) is 0 Å². The molecule has 0 bridgehead atoms. The van der Waals surface area contributed by atoms with Crippen LogP contribution in [-0.2, 0) is 31.4 Å². The third-order valence-corrected chi connectivity index (χ3v) is 13.6. The van der Waals surface area contributed by atoms with Crippen molar-refractivity contribution >= 4 is 46.9 Å². The zero-order valence-corrected chi connectivity index (χ0v) is 27.2. The van der Waals surface area contributed by atoms with Crippen molar-refractivity contribution in [1.82, 2.24) is 0 Å². The van der Waals surface area contributed by atoms with Crippen molar-refractivity contribution in [3.63, 3.8) is 0 Å². The molecule has 2 unspecified atom stereocenters. The molecule has 0 aromatic heterocycles. The molecule has 2 atom stereocenters. The Kier molecular flexibility index (Phi) is 25.4. The lowest BCUT2D eigenvalue weighted by Gasteiger charge is -2.28. The van der Waals surface area contributed by atoms with Gasteiger partial charge in [0.05, 0.1) is 6.10 Å². The molecule has 0 spiro atoms. The summed E-state index contributed by atoms with van der Waals surface area (Å²) in [6.07, 6.45) is 1.75. The number of carbonyl (C=O) groups excluding carboxylic acids is 1. The summed E-state index contributed by atoms with van der Waals surface area (Å²) in [5, 5.41) is 9.06. The number of thioether (sulfide) groups is 2. The Morgan fingerprint density at radius 2 is 1.17 bits per heavy atom. The third-order valence-electron chi connectivity index (χ3n) is 4.99. The number of rotatable bonds is 22. The van der Waals surface area contributed by atoms with Crippen LogP contribution < -0.4 is 0 Å². The highest BCUT2D eigenvalue weighted by Crippen LogP contribution is 2.21. The number of Topliss-reactive ketones (excluding diaryl/α,β-unsaturated/α-hetero) is 1. The highest BCUT2D eigenvalue weighted by Gasteiger charge is 2.39. The maximum atomic E-state index is 11.2. The first-order valence-electron chi connectivity index (χ1n) is 12.5. The van der Waals surface area contributed by atoms with E-state index in [-0.39, 0.29) is 17.8 Å². The first-order chi connectivity index (χ1) is 16.6. The maximum absolute atomic E-state index is 11.2. The van der Waals surface area contributed by atoms with Gasteiger partial charge >= 0.3 is 17.6 Å². The number of hydrogen-bond acceptors (Lipinski definition) is 10. The fraction of sp³-hybridized carbons (Fsp3) is 0.957. The van der Waals surface area contributed by atoms with Crippen LogP contribution in [0.2, 0.25) is 12.1 Å². The van der Waals surface area contributed by atoms with Gasteiger partial charge in [-0.15, -0.1) is 0 Å². The van der Waals surface area contributed by atoms with E-state index in [4.69, 9.17) is 31.7 Å². The topological polar surface area (TPSA) is 92.7 Å². The molecule has 0 saturated carbocycles. The first kappa shape index (κ1) is 37.7. The number of hydrogen-bond donors (Lipinski definition) is 1. The van der Waals surface area contributed by atoms with Gasteiger partial charge in [-0.25, -0.2) is 0 Å². The number of aliphatic hydroxyl groups is 1. The zero-order valence-electron chi connectivity index (χ0n) is 23.6. The van der Waals surface area contributed by atoms with Crippen molar-refractivity contribution in [2.45, 2.75) is 72.6 Å². The lowest BCUT2D eigenvalue weighted by Crippen LogP contribution is -2.46. The summed E-state index contributed by atoms with van der Waals surface area (Å²) in [5.74, 6) is 4.09. The summed E-state index contributed by atoms with van der Waals surface area (Å²) < 4.78 is 33.3. The Balaban J connectivity index is 0. The van der Waals surface area contributed by atoms with Crippen molar-refractivity contribution in [3.05, 3.63) is 0 Å². The summed E-state index contributed by atoms with van der Waals surface area (Å²) in [4.78, 5) is 11.2. The van der Waals surface area contributed by atoms with Crippen molar-refractivity contribution in [2.24, 2.45) is 5.92 Å². The molecule has 0 rings (SSSR count). The van der Waals surface area contributed by atoms with Gasteiger partial charge in [0.15, 0.2) is 0 Å². The zero-order chi connectivity index (χ0) is 27.2. The summed E-state index contributed by atoms with van der Waals surface area (Å²) in [7, 11) is 0.0362. The molecular formula is C23H52O8S2Si2. The van der Waals surface area contributed by atoms with Gasteiger partial charge in [-0.3, -0.25) is 4.79 Å². The smallest absolute Gasteiger partial charge is 0.393 e. The number of aliphatic hydroxyl groups excluding tert-OH is 1. The second-order valence-electron chi connectivity index (χ2n) is 8.00. The largest absolute Gasteiger partial charge is 0.500 e. The molecule has 0 fully saturated rings. The van der Waals surface area contributed by atoms with Crippen molar-refractivity contribution < 1.29 is 36.5 Å². The van der Waals surface area contributed by atoms with E-state index >= 15 is 0 Å². The van der Waals surface area contributed by atoms with E-state index in [0.29, 0.717) is 19.8 Å². The lowest BCUT2D eigenvalue weighted by atomic mass is 10.1. The molecule has 0 heterocycles. The number of carbonyl (C=O) groups is 1. The Bertz CT molecular complexity index is 475. The maximum Gasteiger partial charge on any atom is 0.500 e. The lowest BCUT2D eigenvalue weighted by molar-refractivity contribution is -0.119. The standard InChI is InChI=1S/C14H30O4SSi.C9H22O4SSi/c1-6-16-20(17-7-2,18-8-3)11-9-10-19-12-13(4)14(5)15;1-9(10)8-14-6-5-7-15(11-2,12-3)13-4/h13H,6-12H2,1-5H3;9-10H,5-8H2,1-4H3. The average Bonchev–Trinajstić information content (AvgIpc) is 2.82. The Morgan fingerprint density at radius 3 is 1.51 bits per heavy atom. The van der Waals surface area contributed by atoms with Crippen LogP contribution >= 0.6 is 23.5 Å². The Hall–Kier alpha value is 0.524. The quantitative estimate of drug-likeness (QED) is 0.144. The molecule has 12 heteroatoms. The van der Waals surface area contributed by atoms with Crippen molar-refractivity contribution in [2.75, 3.05) is 64.2 Å². The minimum Gasteiger partial charge on any atom is -0.393 e. The molecule has 0 aliphatic carbocycles.